The van der Waals surface area contributed by atoms with E-state index in [1.54, 1.807) is 35.0 Å². The van der Waals surface area contributed by atoms with E-state index in [-0.39, 0.29) is 5.78 Å². The maximum Gasteiger partial charge on any atom is 0.318 e. The minimum absolute atomic E-state index is 0.0225. The Balaban J connectivity index is 1.95. The first-order valence-corrected chi connectivity index (χ1v) is 13.1. The molecule has 2 amide bonds. The molecule has 0 saturated carbocycles. The molecular weight excluding hydrogens is 480 g/mol. The van der Waals surface area contributed by atoms with E-state index in [0.717, 1.165) is 4.70 Å². The van der Waals surface area contributed by atoms with Gasteiger partial charge in [0.25, 0.3) is 0 Å². The van der Waals surface area contributed by atoms with Crippen molar-refractivity contribution in [3.8, 4) is 0 Å². The van der Waals surface area contributed by atoms with Crippen LogP contribution in [-0.2, 0) is 4.79 Å². The molecule has 192 valence electrons. The van der Waals surface area contributed by atoms with Crippen LogP contribution in [0.2, 0.25) is 0 Å². The van der Waals surface area contributed by atoms with Crippen molar-refractivity contribution in [2.24, 2.45) is 16.3 Å². The van der Waals surface area contributed by atoms with Gasteiger partial charge in [-0.3, -0.25) is 14.9 Å². The van der Waals surface area contributed by atoms with E-state index in [4.69, 9.17) is 4.99 Å². The van der Waals surface area contributed by atoms with E-state index in [9.17, 15) is 19.5 Å². The van der Waals surface area contributed by atoms with Gasteiger partial charge in [-0.15, -0.1) is 11.3 Å². The van der Waals surface area contributed by atoms with Crippen molar-refractivity contribution in [3.05, 3.63) is 35.5 Å². The van der Waals surface area contributed by atoms with Crippen LogP contribution in [0.1, 0.15) is 50.4 Å². The Bertz CT molecular complexity index is 1230. The third-order valence-electron chi connectivity index (χ3n) is 7.22. The number of urea groups is 1. The Morgan fingerprint density at radius 2 is 2.08 bits per heavy atom. The Labute approximate surface area is 213 Å². The second kappa shape index (κ2) is 10.4. The number of Topliss-reactive ketones (excluding diaryl/α,β-unsaturated/α-hetero) is 1. The number of carboxylic acid groups (broad SMARTS) is 1. The number of carbonyl (C=O) groups excluding carboxylic acids is 2. The van der Waals surface area contributed by atoms with E-state index in [2.05, 4.69) is 20.9 Å². The maximum absolute atomic E-state index is 13.0. The van der Waals surface area contributed by atoms with Gasteiger partial charge in [-0.1, -0.05) is 13.8 Å². The fourth-order valence-electron chi connectivity index (χ4n) is 5.33. The van der Waals surface area contributed by atoms with Crippen molar-refractivity contribution < 1.29 is 19.5 Å². The molecule has 10 nitrogen and oxygen atoms in total. The number of carbonyl (C=O) groups is 3. The summed E-state index contributed by atoms with van der Waals surface area (Å²) in [4.78, 5) is 49.7. The molecule has 0 bridgehead atoms. The SMILES string of the molecule is CCNC(=O)NC1(C2CNCCC2(CC)C(=O)O)N=CC=CN1c1cc(C(=O)CC)c2scnc2c1. The van der Waals surface area contributed by atoms with Crippen LogP contribution in [0.5, 0.6) is 0 Å². The molecule has 1 aromatic carbocycles. The predicted molar refractivity (Wildman–Crippen MR) is 141 cm³/mol. The minimum Gasteiger partial charge on any atom is -0.481 e. The van der Waals surface area contributed by atoms with Crippen LogP contribution in [0.4, 0.5) is 10.5 Å². The first-order chi connectivity index (χ1) is 17.3. The molecule has 1 fully saturated rings. The zero-order valence-electron chi connectivity index (χ0n) is 20.7. The van der Waals surface area contributed by atoms with Gasteiger partial charge in [0, 0.05) is 43.2 Å². The Kier molecular flexibility index (Phi) is 7.41. The molecule has 3 unspecified atom stereocenters. The smallest absolute Gasteiger partial charge is 0.318 e. The Hall–Kier alpha value is -3.31. The summed E-state index contributed by atoms with van der Waals surface area (Å²) in [5.74, 6) is -3.05. The number of carboxylic acids is 1. The van der Waals surface area contributed by atoms with Crippen molar-refractivity contribution in [1.29, 1.82) is 0 Å². The third-order valence-corrected chi connectivity index (χ3v) is 8.09. The number of nitrogens with one attached hydrogen (secondary N) is 3. The lowest BCUT2D eigenvalue weighted by molar-refractivity contribution is -0.158. The topological polar surface area (TPSA) is 136 Å². The Morgan fingerprint density at radius 3 is 2.78 bits per heavy atom. The molecule has 2 aliphatic heterocycles. The molecule has 2 aliphatic rings. The van der Waals surface area contributed by atoms with Crippen molar-refractivity contribution in [2.45, 2.75) is 45.8 Å². The van der Waals surface area contributed by atoms with Gasteiger partial charge in [0.05, 0.1) is 27.1 Å². The van der Waals surface area contributed by atoms with Gasteiger partial charge in [0.1, 0.15) is 0 Å². The number of aliphatic carboxylic acids is 1. The van der Waals surface area contributed by atoms with Crippen molar-refractivity contribution in [3.63, 3.8) is 0 Å². The van der Waals surface area contributed by atoms with Crippen molar-refractivity contribution in [2.75, 3.05) is 24.5 Å². The molecule has 4 N–H and O–H groups in total. The van der Waals surface area contributed by atoms with Crippen LogP contribution in [0.3, 0.4) is 0 Å². The molecule has 36 heavy (non-hydrogen) atoms. The third kappa shape index (κ3) is 4.26. The molecule has 0 aliphatic carbocycles. The summed E-state index contributed by atoms with van der Waals surface area (Å²) in [7, 11) is 0. The molecule has 3 heterocycles. The number of ketones is 1. The zero-order valence-corrected chi connectivity index (χ0v) is 21.5. The molecule has 3 atom stereocenters. The van der Waals surface area contributed by atoms with Crippen LogP contribution in [-0.4, -0.2) is 59.5 Å². The number of hydrogen-bond acceptors (Lipinski definition) is 8. The number of piperidine rings is 1. The summed E-state index contributed by atoms with van der Waals surface area (Å²) >= 11 is 1.40. The summed E-state index contributed by atoms with van der Waals surface area (Å²) < 4.78 is 0.796. The summed E-state index contributed by atoms with van der Waals surface area (Å²) in [6.45, 7) is 6.74. The summed E-state index contributed by atoms with van der Waals surface area (Å²) in [6.07, 6.45) is 6.17. The van der Waals surface area contributed by atoms with Crippen molar-refractivity contribution >= 4 is 51.2 Å². The summed E-state index contributed by atoms with van der Waals surface area (Å²) in [6, 6.07) is 3.17. The first kappa shape index (κ1) is 25.8. The lowest BCUT2D eigenvalue weighted by atomic mass is 9.65. The van der Waals surface area contributed by atoms with E-state index >= 15 is 0 Å². The minimum atomic E-state index is -1.47. The van der Waals surface area contributed by atoms with E-state index in [1.807, 2.05) is 26.8 Å². The van der Waals surface area contributed by atoms with Gasteiger partial charge < -0.3 is 20.6 Å². The normalized spacial score (nSPS) is 25.6. The number of amides is 2. The number of allylic oxidation sites excluding steroid dienone is 1. The summed E-state index contributed by atoms with van der Waals surface area (Å²) in [5, 5.41) is 19.6. The molecular formula is C25H32N6O4S. The van der Waals surface area contributed by atoms with Crippen LogP contribution < -0.4 is 20.9 Å². The fourth-order valence-corrected chi connectivity index (χ4v) is 6.13. The highest BCUT2D eigenvalue weighted by molar-refractivity contribution is 7.17. The molecule has 1 aromatic heterocycles. The number of aromatic nitrogens is 1. The van der Waals surface area contributed by atoms with Crippen LogP contribution >= 0.6 is 11.3 Å². The average Bonchev–Trinajstić information content (AvgIpc) is 3.36. The lowest BCUT2D eigenvalue weighted by Crippen LogP contribution is -2.71. The number of hydrogen-bond donors (Lipinski definition) is 4. The average molecular weight is 513 g/mol. The summed E-state index contributed by atoms with van der Waals surface area (Å²) in [5.41, 5.74) is 2.35. The quantitative estimate of drug-likeness (QED) is 0.398. The highest BCUT2D eigenvalue weighted by Gasteiger charge is 2.59. The predicted octanol–water partition coefficient (Wildman–Crippen LogP) is 3.36. The second-order valence-electron chi connectivity index (χ2n) is 8.99. The van der Waals surface area contributed by atoms with E-state index in [0.29, 0.717) is 55.7 Å². The number of benzene rings is 1. The van der Waals surface area contributed by atoms with Crippen molar-refractivity contribution in [1.82, 2.24) is 20.9 Å². The molecule has 0 radical (unpaired) electrons. The van der Waals surface area contributed by atoms with Gasteiger partial charge in [0.15, 0.2) is 5.78 Å². The number of anilines is 1. The number of thiazole rings is 1. The van der Waals surface area contributed by atoms with Gasteiger partial charge in [-0.25, -0.2) is 14.8 Å². The molecule has 1 saturated heterocycles. The second-order valence-corrected chi connectivity index (χ2v) is 9.85. The zero-order chi connectivity index (χ0) is 25.9. The Morgan fingerprint density at radius 1 is 1.28 bits per heavy atom. The standard InChI is InChI=1S/C25H32N6O4S/c1-4-19(32)17-12-16(13-18-21(17)36-15-28-18)31-11-7-9-29-25(31,30-23(35)27-6-3)20-14-26-10-8-24(20,5-2)22(33)34/h7,9,11-13,15,20,26H,4-6,8,10,14H2,1-3H3,(H,33,34)(H2,27,30,35). The van der Waals surface area contributed by atoms with Crippen LogP contribution in [0.15, 0.2) is 34.9 Å². The first-order valence-electron chi connectivity index (χ1n) is 12.2. The number of aliphatic imine (C=N–C) groups is 1. The molecule has 0 spiro atoms. The number of rotatable bonds is 8. The van der Waals surface area contributed by atoms with Gasteiger partial charge in [-0.2, -0.15) is 0 Å². The van der Waals surface area contributed by atoms with Crippen LogP contribution in [0.25, 0.3) is 10.2 Å². The largest absolute Gasteiger partial charge is 0.481 e. The number of nitrogens with zero attached hydrogens (tertiary/aromatic N) is 3. The maximum atomic E-state index is 13.0. The monoisotopic (exact) mass is 512 g/mol. The molecule has 4 rings (SSSR count). The van der Waals surface area contributed by atoms with E-state index in [1.165, 1.54) is 11.3 Å². The van der Waals surface area contributed by atoms with E-state index < -0.39 is 29.1 Å². The van der Waals surface area contributed by atoms with Gasteiger partial charge in [0.2, 0.25) is 5.79 Å². The fraction of sp³-hybridized carbons (Fsp3) is 0.480. The highest BCUT2D eigenvalue weighted by Crippen LogP contribution is 2.47. The molecule has 2 aromatic rings. The van der Waals surface area contributed by atoms with Gasteiger partial charge in [-0.05, 0) is 44.5 Å². The van der Waals surface area contributed by atoms with Gasteiger partial charge >= 0.3 is 12.0 Å². The number of fused-ring (bicyclic) bond motifs is 1. The molecule has 11 heteroatoms. The highest BCUT2D eigenvalue weighted by atomic mass is 32.1. The lowest BCUT2D eigenvalue weighted by Gasteiger charge is -2.53. The van der Waals surface area contributed by atoms with Crippen LogP contribution in [0, 0.1) is 11.3 Å².